The van der Waals surface area contributed by atoms with Gasteiger partial charge in [-0.3, -0.25) is 0 Å². The molecule has 0 radical (unpaired) electrons. The van der Waals surface area contributed by atoms with E-state index in [9.17, 15) is 15.3 Å². The molecular weight excluding hydrogens is 284 g/mol. The van der Waals surface area contributed by atoms with Crippen molar-refractivity contribution in [2.45, 2.75) is 24.3 Å². The van der Waals surface area contributed by atoms with Gasteiger partial charge >= 0.3 is 0 Å². The van der Waals surface area contributed by atoms with Crippen LogP contribution in [0, 0.1) is 0 Å². The van der Waals surface area contributed by atoms with Crippen LogP contribution >= 0.6 is 0 Å². The second kappa shape index (κ2) is 6.16. The van der Waals surface area contributed by atoms with E-state index < -0.39 is 30.9 Å². The third-order valence-corrected chi connectivity index (χ3v) is 3.76. The quantitative estimate of drug-likeness (QED) is 0.801. The maximum absolute atomic E-state index is 10.4. The molecule has 0 bridgehead atoms. The third kappa shape index (κ3) is 2.77. The minimum atomic E-state index is -2.08. The van der Waals surface area contributed by atoms with Crippen LogP contribution in [0.15, 0.2) is 60.7 Å². The van der Waals surface area contributed by atoms with E-state index >= 15 is 0 Å². The smallest absolute Gasteiger partial charge is 0.221 e. The topological polar surface area (TPSA) is 79.2 Å². The highest BCUT2D eigenvalue weighted by Gasteiger charge is 2.50. The average Bonchev–Trinajstić information content (AvgIpc) is 2.59. The van der Waals surface area contributed by atoms with Gasteiger partial charge in [0.1, 0.15) is 12.2 Å². The van der Waals surface area contributed by atoms with E-state index in [1.807, 2.05) is 36.4 Å². The van der Waals surface area contributed by atoms with Gasteiger partial charge in [-0.2, -0.15) is 0 Å². The van der Waals surface area contributed by atoms with Gasteiger partial charge in [-0.25, -0.2) is 0 Å². The van der Waals surface area contributed by atoms with E-state index in [0.29, 0.717) is 11.1 Å². The number of ether oxygens (including phenoxy) is 2. The van der Waals surface area contributed by atoms with Gasteiger partial charge in [-0.1, -0.05) is 60.7 Å². The second-order valence-electron chi connectivity index (χ2n) is 5.28. The lowest BCUT2D eigenvalue weighted by molar-refractivity contribution is -0.402. The summed E-state index contributed by atoms with van der Waals surface area (Å²) in [6, 6.07) is 18.1. The number of benzene rings is 2. The summed E-state index contributed by atoms with van der Waals surface area (Å²) in [4.78, 5) is 0. The maximum Gasteiger partial charge on any atom is 0.221 e. The van der Waals surface area contributed by atoms with Crippen LogP contribution in [0.5, 0.6) is 0 Å². The molecule has 5 nitrogen and oxygen atoms in total. The molecule has 1 saturated heterocycles. The largest absolute Gasteiger partial charge is 0.391 e. The van der Waals surface area contributed by atoms with E-state index in [2.05, 4.69) is 0 Å². The predicted octanol–water partition coefficient (Wildman–Crippen LogP) is 1.52. The zero-order chi connectivity index (χ0) is 15.6. The van der Waals surface area contributed by atoms with Gasteiger partial charge in [-0.15, -0.1) is 0 Å². The van der Waals surface area contributed by atoms with Crippen molar-refractivity contribution in [2.24, 2.45) is 0 Å². The Kier molecular flexibility index (Phi) is 4.24. The molecule has 0 spiro atoms. The summed E-state index contributed by atoms with van der Waals surface area (Å²) in [5.41, 5.74) is 1.40. The van der Waals surface area contributed by atoms with Gasteiger partial charge in [0.2, 0.25) is 5.79 Å². The SMILES string of the molecule is OC[C@]1(O)O[C@H](c2ccccc2)O[C@H](c2ccccc2)[C@@H]1O. The minimum absolute atomic E-state index is 0.696. The van der Waals surface area contributed by atoms with Crippen LogP contribution in [0.1, 0.15) is 23.5 Å². The highest BCUT2D eigenvalue weighted by molar-refractivity contribution is 5.22. The van der Waals surface area contributed by atoms with E-state index in [1.54, 1.807) is 24.3 Å². The van der Waals surface area contributed by atoms with Gasteiger partial charge < -0.3 is 24.8 Å². The molecule has 1 aliphatic rings. The molecule has 0 aromatic heterocycles. The van der Waals surface area contributed by atoms with Crippen LogP contribution in [0.3, 0.4) is 0 Å². The van der Waals surface area contributed by atoms with Crippen LogP contribution in [0.2, 0.25) is 0 Å². The molecule has 0 unspecified atom stereocenters. The van der Waals surface area contributed by atoms with E-state index in [4.69, 9.17) is 9.47 Å². The Morgan fingerprint density at radius 3 is 2.00 bits per heavy atom. The van der Waals surface area contributed by atoms with Crippen molar-refractivity contribution in [1.29, 1.82) is 0 Å². The Hall–Kier alpha value is -1.76. The van der Waals surface area contributed by atoms with Crippen LogP contribution in [-0.4, -0.2) is 33.8 Å². The van der Waals surface area contributed by atoms with Gasteiger partial charge in [0.05, 0.1) is 6.61 Å². The van der Waals surface area contributed by atoms with Crippen molar-refractivity contribution in [3.8, 4) is 0 Å². The van der Waals surface area contributed by atoms with Crippen molar-refractivity contribution in [2.75, 3.05) is 6.61 Å². The molecule has 3 rings (SSSR count). The lowest BCUT2D eigenvalue weighted by atomic mass is 9.96. The molecule has 0 saturated carbocycles. The Morgan fingerprint density at radius 2 is 1.45 bits per heavy atom. The van der Waals surface area contributed by atoms with Crippen molar-refractivity contribution < 1.29 is 24.8 Å². The van der Waals surface area contributed by atoms with Crippen LogP contribution in [0.25, 0.3) is 0 Å². The molecule has 0 amide bonds. The molecule has 1 heterocycles. The lowest BCUT2D eigenvalue weighted by Crippen LogP contribution is -2.56. The molecule has 1 aliphatic heterocycles. The number of aliphatic hydroxyl groups excluding tert-OH is 2. The molecule has 116 valence electrons. The van der Waals surface area contributed by atoms with Gasteiger partial charge in [-0.05, 0) is 5.56 Å². The summed E-state index contributed by atoms with van der Waals surface area (Å²) in [5, 5.41) is 30.2. The number of hydrogen-bond acceptors (Lipinski definition) is 5. The first-order chi connectivity index (χ1) is 10.6. The van der Waals surface area contributed by atoms with E-state index in [-0.39, 0.29) is 0 Å². The molecule has 2 aromatic carbocycles. The number of hydrogen-bond donors (Lipinski definition) is 3. The molecule has 2 aromatic rings. The van der Waals surface area contributed by atoms with Crippen molar-refractivity contribution in [3.63, 3.8) is 0 Å². The van der Waals surface area contributed by atoms with Gasteiger partial charge in [0.25, 0.3) is 0 Å². The van der Waals surface area contributed by atoms with E-state index in [0.717, 1.165) is 0 Å². The Labute approximate surface area is 128 Å². The molecule has 5 heteroatoms. The maximum atomic E-state index is 10.4. The normalized spacial score (nSPS) is 31.9. The summed E-state index contributed by atoms with van der Waals surface area (Å²) in [5.74, 6) is -2.08. The summed E-state index contributed by atoms with van der Waals surface area (Å²) in [7, 11) is 0. The average molecular weight is 302 g/mol. The standard InChI is InChI=1S/C17H18O5/c18-11-17(20)15(19)14(12-7-3-1-4-8-12)21-16(22-17)13-9-5-2-6-10-13/h1-10,14-16,18-20H,11H2/t14-,15+,16-,17+/m1/s1. The number of rotatable bonds is 3. The Balaban J connectivity index is 1.96. The summed E-state index contributed by atoms with van der Waals surface area (Å²) < 4.78 is 11.2. The van der Waals surface area contributed by atoms with Gasteiger partial charge in [0.15, 0.2) is 6.29 Å². The van der Waals surface area contributed by atoms with Crippen molar-refractivity contribution in [1.82, 2.24) is 0 Å². The molecule has 3 N–H and O–H groups in total. The molecule has 4 atom stereocenters. The zero-order valence-electron chi connectivity index (χ0n) is 11.9. The fourth-order valence-electron chi connectivity index (χ4n) is 2.52. The zero-order valence-corrected chi connectivity index (χ0v) is 11.9. The first-order valence-corrected chi connectivity index (χ1v) is 7.08. The van der Waals surface area contributed by atoms with Crippen molar-refractivity contribution in [3.05, 3.63) is 71.8 Å². The summed E-state index contributed by atoms with van der Waals surface area (Å²) in [6.07, 6.45) is -3.09. The molecule has 0 aliphatic carbocycles. The van der Waals surface area contributed by atoms with Crippen molar-refractivity contribution >= 4 is 0 Å². The molecular formula is C17H18O5. The summed E-state index contributed by atoms with van der Waals surface area (Å²) >= 11 is 0. The van der Waals surface area contributed by atoms with Crippen LogP contribution in [0.4, 0.5) is 0 Å². The Bertz CT molecular complexity index is 603. The Morgan fingerprint density at radius 1 is 0.909 bits per heavy atom. The second-order valence-corrected chi connectivity index (χ2v) is 5.28. The predicted molar refractivity (Wildman–Crippen MR) is 78.6 cm³/mol. The fraction of sp³-hybridized carbons (Fsp3) is 0.294. The van der Waals surface area contributed by atoms with Crippen LogP contribution < -0.4 is 0 Å². The highest BCUT2D eigenvalue weighted by atomic mass is 16.8. The highest BCUT2D eigenvalue weighted by Crippen LogP contribution is 2.41. The summed E-state index contributed by atoms with van der Waals surface area (Å²) in [6.45, 7) is -0.732. The fourth-order valence-corrected chi connectivity index (χ4v) is 2.52. The third-order valence-electron chi connectivity index (χ3n) is 3.76. The molecule has 1 fully saturated rings. The van der Waals surface area contributed by atoms with Gasteiger partial charge in [0, 0.05) is 5.56 Å². The van der Waals surface area contributed by atoms with Crippen LogP contribution in [-0.2, 0) is 9.47 Å². The minimum Gasteiger partial charge on any atom is -0.391 e. The monoisotopic (exact) mass is 302 g/mol. The molecule has 22 heavy (non-hydrogen) atoms. The first-order valence-electron chi connectivity index (χ1n) is 7.08. The lowest BCUT2D eigenvalue weighted by Gasteiger charge is -2.44. The first kappa shape index (κ1) is 15.1. The van der Waals surface area contributed by atoms with E-state index in [1.165, 1.54) is 0 Å². The number of aliphatic hydroxyl groups is 3.